The summed E-state index contributed by atoms with van der Waals surface area (Å²) in [4.78, 5) is 15.4. The molecule has 2 aromatic carbocycles. The number of nitrogens with one attached hydrogen (secondary N) is 1. The smallest absolute Gasteiger partial charge is 0.267 e. The Kier molecular flexibility index (Phi) is 5.06. The lowest BCUT2D eigenvalue weighted by Gasteiger charge is -2.32. The highest BCUT2D eigenvalue weighted by Crippen LogP contribution is 2.36. The van der Waals surface area contributed by atoms with E-state index >= 15 is 0 Å². The number of anilines is 2. The number of hydrogen-bond acceptors (Lipinski definition) is 3. The number of carbonyl (C=O) groups excluding carboxylic acids is 1. The highest BCUT2D eigenvalue weighted by Gasteiger charge is 2.19. The molecule has 0 unspecified atom stereocenters. The summed E-state index contributed by atoms with van der Waals surface area (Å²) in [5, 5.41) is 3.95. The lowest BCUT2D eigenvalue weighted by atomic mass is 9.99. The molecule has 0 bridgehead atoms. The molecule has 1 aliphatic rings. The fourth-order valence-electron chi connectivity index (χ4n) is 3.40. The molecular formula is C21H20ClFN2OS. The van der Waals surface area contributed by atoms with Gasteiger partial charge < -0.3 is 10.2 Å². The highest BCUT2D eigenvalue weighted by molar-refractivity contribution is 7.21. The van der Waals surface area contributed by atoms with Crippen molar-refractivity contribution < 1.29 is 9.18 Å². The van der Waals surface area contributed by atoms with Gasteiger partial charge in [0.05, 0.1) is 5.02 Å². The van der Waals surface area contributed by atoms with Crippen LogP contribution >= 0.6 is 22.9 Å². The van der Waals surface area contributed by atoms with Crippen LogP contribution in [0.2, 0.25) is 5.02 Å². The summed E-state index contributed by atoms with van der Waals surface area (Å²) >= 11 is 7.53. The molecule has 0 radical (unpaired) electrons. The third-order valence-electron chi connectivity index (χ3n) is 5.07. The van der Waals surface area contributed by atoms with E-state index in [-0.39, 0.29) is 11.7 Å². The molecule has 3 aromatic rings. The van der Waals surface area contributed by atoms with Crippen LogP contribution in [0.15, 0.2) is 42.5 Å². The summed E-state index contributed by atoms with van der Waals surface area (Å²) in [7, 11) is 0. The third kappa shape index (κ3) is 3.80. The maximum atomic E-state index is 13.4. The summed E-state index contributed by atoms with van der Waals surface area (Å²) in [5.41, 5.74) is 1.89. The molecule has 1 aliphatic heterocycles. The van der Waals surface area contributed by atoms with Crippen LogP contribution in [0.25, 0.3) is 10.1 Å². The summed E-state index contributed by atoms with van der Waals surface area (Å²) in [6, 6.07) is 12.2. The number of benzene rings is 2. The number of thiophene rings is 1. The van der Waals surface area contributed by atoms with Crippen LogP contribution in [0.5, 0.6) is 0 Å². The van der Waals surface area contributed by atoms with Gasteiger partial charge in [-0.2, -0.15) is 0 Å². The van der Waals surface area contributed by atoms with E-state index in [4.69, 9.17) is 11.6 Å². The minimum absolute atomic E-state index is 0.277. The standard InChI is InChI=1S/C21H20ClFN2OS/c1-13-8-10-25(11-9-13)16-5-3-15(4-6-16)24-21(26)20-19(22)17-7-2-14(23)12-18(17)27-20/h2-7,12-13H,8-11H2,1H3,(H,24,26). The van der Waals surface area contributed by atoms with Gasteiger partial charge in [-0.25, -0.2) is 4.39 Å². The molecule has 1 amide bonds. The topological polar surface area (TPSA) is 32.3 Å². The van der Waals surface area contributed by atoms with E-state index in [1.807, 2.05) is 24.3 Å². The van der Waals surface area contributed by atoms with Crippen molar-refractivity contribution in [2.75, 3.05) is 23.3 Å². The van der Waals surface area contributed by atoms with Crippen LogP contribution in [0, 0.1) is 11.7 Å². The molecule has 6 heteroatoms. The van der Waals surface area contributed by atoms with Gasteiger partial charge in [0.25, 0.3) is 5.91 Å². The van der Waals surface area contributed by atoms with E-state index in [0.717, 1.165) is 19.0 Å². The van der Waals surface area contributed by atoms with Crippen LogP contribution < -0.4 is 10.2 Å². The van der Waals surface area contributed by atoms with E-state index in [0.29, 0.717) is 25.7 Å². The number of carbonyl (C=O) groups is 1. The van der Waals surface area contributed by atoms with Gasteiger partial charge in [-0.05, 0) is 61.2 Å². The van der Waals surface area contributed by atoms with Gasteiger partial charge >= 0.3 is 0 Å². The first-order valence-corrected chi connectivity index (χ1v) is 10.2. The van der Waals surface area contributed by atoms with Crippen molar-refractivity contribution in [2.24, 2.45) is 5.92 Å². The fourth-order valence-corrected chi connectivity index (χ4v) is 4.83. The van der Waals surface area contributed by atoms with E-state index in [9.17, 15) is 9.18 Å². The molecule has 0 atom stereocenters. The monoisotopic (exact) mass is 402 g/mol. The van der Waals surface area contributed by atoms with E-state index < -0.39 is 0 Å². The fraction of sp³-hybridized carbons (Fsp3) is 0.286. The van der Waals surface area contributed by atoms with Gasteiger partial charge in [0, 0.05) is 34.6 Å². The molecule has 0 spiro atoms. The number of hydrogen-bond donors (Lipinski definition) is 1. The zero-order valence-corrected chi connectivity index (χ0v) is 16.5. The second-order valence-electron chi connectivity index (χ2n) is 7.06. The molecule has 3 nitrogen and oxygen atoms in total. The number of fused-ring (bicyclic) bond motifs is 1. The van der Waals surface area contributed by atoms with Crippen molar-refractivity contribution >= 4 is 50.3 Å². The maximum absolute atomic E-state index is 13.4. The third-order valence-corrected chi connectivity index (χ3v) is 6.73. The molecule has 0 aliphatic carbocycles. The van der Waals surface area contributed by atoms with Crippen molar-refractivity contribution in [1.82, 2.24) is 0 Å². The number of nitrogens with zero attached hydrogens (tertiary/aromatic N) is 1. The Balaban J connectivity index is 1.49. The van der Waals surface area contributed by atoms with E-state index in [1.54, 1.807) is 6.07 Å². The Bertz CT molecular complexity index is 978. The lowest BCUT2D eigenvalue weighted by molar-refractivity contribution is 0.103. The molecule has 1 aromatic heterocycles. The molecule has 2 heterocycles. The van der Waals surface area contributed by atoms with Crippen molar-refractivity contribution in [3.8, 4) is 0 Å². The normalized spacial score (nSPS) is 15.3. The van der Waals surface area contributed by atoms with Crippen LogP contribution in [-0.2, 0) is 0 Å². The Morgan fingerprint density at radius 3 is 2.59 bits per heavy atom. The van der Waals surface area contributed by atoms with Crippen LogP contribution in [0.3, 0.4) is 0 Å². The maximum Gasteiger partial charge on any atom is 0.267 e. The minimum Gasteiger partial charge on any atom is -0.372 e. The van der Waals surface area contributed by atoms with Gasteiger partial charge in [0.1, 0.15) is 10.7 Å². The summed E-state index contributed by atoms with van der Waals surface area (Å²) in [5.74, 6) is 0.176. The Hall–Kier alpha value is -2.11. The van der Waals surface area contributed by atoms with Crippen LogP contribution in [0.4, 0.5) is 15.8 Å². The van der Waals surface area contributed by atoms with Gasteiger partial charge in [-0.1, -0.05) is 18.5 Å². The van der Waals surface area contributed by atoms with Gasteiger partial charge in [-0.15, -0.1) is 11.3 Å². The average Bonchev–Trinajstić information content (AvgIpc) is 2.99. The van der Waals surface area contributed by atoms with Crippen molar-refractivity contribution in [2.45, 2.75) is 19.8 Å². The molecule has 1 N–H and O–H groups in total. The van der Waals surface area contributed by atoms with Crippen molar-refractivity contribution in [3.63, 3.8) is 0 Å². The zero-order valence-electron chi connectivity index (χ0n) is 15.0. The van der Waals surface area contributed by atoms with Crippen LogP contribution in [-0.4, -0.2) is 19.0 Å². The predicted octanol–water partition coefficient (Wildman–Crippen LogP) is 6.18. The van der Waals surface area contributed by atoms with Crippen molar-refractivity contribution in [3.05, 3.63) is 58.2 Å². The Morgan fingerprint density at radius 2 is 1.89 bits per heavy atom. The summed E-state index contributed by atoms with van der Waals surface area (Å²) < 4.78 is 14.1. The SMILES string of the molecule is CC1CCN(c2ccc(NC(=O)c3sc4cc(F)ccc4c3Cl)cc2)CC1. The van der Waals surface area contributed by atoms with E-state index in [2.05, 4.69) is 17.1 Å². The van der Waals surface area contributed by atoms with Gasteiger partial charge in [0.2, 0.25) is 0 Å². The number of amides is 1. The second kappa shape index (κ2) is 7.49. The van der Waals surface area contributed by atoms with Gasteiger partial charge in [-0.3, -0.25) is 4.79 Å². The number of rotatable bonds is 3. The molecule has 27 heavy (non-hydrogen) atoms. The zero-order chi connectivity index (χ0) is 19.0. The average molecular weight is 403 g/mol. The molecule has 4 rings (SSSR count). The molecular weight excluding hydrogens is 383 g/mol. The first-order chi connectivity index (χ1) is 13.0. The van der Waals surface area contributed by atoms with Crippen molar-refractivity contribution in [1.29, 1.82) is 0 Å². The first-order valence-electron chi connectivity index (χ1n) is 9.05. The molecule has 1 fully saturated rings. The summed E-state index contributed by atoms with van der Waals surface area (Å²) in [6.07, 6.45) is 2.42. The van der Waals surface area contributed by atoms with E-state index in [1.165, 1.54) is 42.0 Å². The molecule has 0 saturated carbocycles. The second-order valence-corrected chi connectivity index (χ2v) is 8.49. The highest BCUT2D eigenvalue weighted by atomic mass is 35.5. The number of halogens is 2. The predicted molar refractivity (Wildman–Crippen MR) is 112 cm³/mol. The number of piperidine rings is 1. The Morgan fingerprint density at radius 1 is 1.19 bits per heavy atom. The summed E-state index contributed by atoms with van der Waals surface area (Å²) in [6.45, 7) is 4.44. The largest absolute Gasteiger partial charge is 0.372 e. The Labute approximate surface area is 166 Å². The molecule has 140 valence electrons. The first kappa shape index (κ1) is 18.3. The lowest BCUT2D eigenvalue weighted by Crippen LogP contribution is -2.32. The van der Waals surface area contributed by atoms with Gasteiger partial charge in [0.15, 0.2) is 0 Å². The minimum atomic E-state index is -0.338. The molecule has 1 saturated heterocycles. The van der Waals surface area contributed by atoms with Crippen LogP contribution in [0.1, 0.15) is 29.4 Å². The quantitative estimate of drug-likeness (QED) is 0.567.